The second kappa shape index (κ2) is 4.60. The summed E-state index contributed by atoms with van der Waals surface area (Å²) in [4.78, 5) is 0. The molecule has 0 bridgehead atoms. The first-order valence-electron chi connectivity index (χ1n) is 4.84. The van der Waals surface area contributed by atoms with Crippen LogP contribution in [0, 0.1) is 0 Å². The van der Waals surface area contributed by atoms with Crippen LogP contribution in [-0.4, -0.2) is 36.5 Å². The van der Waals surface area contributed by atoms with E-state index in [1.54, 1.807) is 0 Å². The van der Waals surface area contributed by atoms with Crippen LogP contribution >= 0.6 is 12.4 Å². The zero-order chi connectivity index (χ0) is 8.44. The highest BCUT2D eigenvalue weighted by Crippen LogP contribution is 2.32. The molecule has 13 heavy (non-hydrogen) atoms. The Morgan fingerprint density at radius 2 is 2.00 bits per heavy atom. The van der Waals surface area contributed by atoms with E-state index in [0.717, 1.165) is 45.4 Å². The summed E-state index contributed by atoms with van der Waals surface area (Å²) >= 11 is 0. The molecule has 1 saturated heterocycles. The van der Waals surface area contributed by atoms with Gasteiger partial charge in [-0.05, 0) is 25.7 Å². The van der Waals surface area contributed by atoms with E-state index in [2.05, 4.69) is 5.32 Å². The van der Waals surface area contributed by atoms with Gasteiger partial charge in [0.25, 0.3) is 0 Å². The minimum Gasteiger partial charge on any atom is -0.393 e. The van der Waals surface area contributed by atoms with Gasteiger partial charge in [-0.3, -0.25) is 0 Å². The fourth-order valence-electron chi connectivity index (χ4n) is 2.16. The lowest BCUT2D eigenvalue weighted by molar-refractivity contribution is -0.104. The van der Waals surface area contributed by atoms with Crippen molar-refractivity contribution in [2.45, 2.75) is 37.4 Å². The number of rotatable bonds is 0. The van der Waals surface area contributed by atoms with E-state index in [1.165, 1.54) is 0 Å². The molecule has 0 radical (unpaired) electrons. The van der Waals surface area contributed by atoms with Gasteiger partial charge >= 0.3 is 0 Å². The molecule has 1 aliphatic heterocycles. The van der Waals surface area contributed by atoms with E-state index in [4.69, 9.17) is 4.74 Å². The zero-order valence-corrected chi connectivity index (χ0v) is 8.61. The summed E-state index contributed by atoms with van der Waals surface area (Å²) in [7, 11) is 0. The Kier molecular flexibility index (Phi) is 3.98. The van der Waals surface area contributed by atoms with E-state index in [1.807, 2.05) is 0 Å². The minimum absolute atomic E-state index is 0. The quantitative estimate of drug-likeness (QED) is 0.615. The molecule has 2 fully saturated rings. The van der Waals surface area contributed by atoms with Crippen LogP contribution in [0.3, 0.4) is 0 Å². The average molecular weight is 208 g/mol. The molecule has 0 amide bonds. The van der Waals surface area contributed by atoms with Gasteiger partial charge in [-0.25, -0.2) is 0 Å². The van der Waals surface area contributed by atoms with Crippen LogP contribution in [-0.2, 0) is 4.74 Å². The summed E-state index contributed by atoms with van der Waals surface area (Å²) in [6.45, 7) is 2.78. The Labute approximate surface area is 85.3 Å². The summed E-state index contributed by atoms with van der Waals surface area (Å²) in [5.41, 5.74) is 0.0669. The van der Waals surface area contributed by atoms with Crippen LogP contribution < -0.4 is 5.32 Å². The Morgan fingerprint density at radius 3 is 2.54 bits per heavy atom. The van der Waals surface area contributed by atoms with Crippen molar-refractivity contribution in [1.82, 2.24) is 5.32 Å². The maximum absolute atomic E-state index is 9.35. The molecule has 4 heteroatoms. The molecular formula is C9H18ClNO2. The van der Waals surface area contributed by atoms with E-state index in [9.17, 15) is 5.11 Å². The van der Waals surface area contributed by atoms with E-state index in [-0.39, 0.29) is 24.1 Å². The Hall–Kier alpha value is 0.170. The van der Waals surface area contributed by atoms with Crippen LogP contribution in [0.25, 0.3) is 0 Å². The highest BCUT2D eigenvalue weighted by Gasteiger charge is 2.36. The highest BCUT2D eigenvalue weighted by molar-refractivity contribution is 5.85. The van der Waals surface area contributed by atoms with Gasteiger partial charge in [-0.15, -0.1) is 12.4 Å². The van der Waals surface area contributed by atoms with Crippen molar-refractivity contribution in [2.75, 3.05) is 19.7 Å². The molecule has 0 aromatic rings. The van der Waals surface area contributed by atoms with Gasteiger partial charge in [0.15, 0.2) is 0 Å². The van der Waals surface area contributed by atoms with Gasteiger partial charge in [0.05, 0.1) is 18.3 Å². The summed E-state index contributed by atoms with van der Waals surface area (Å²) in [5, 5.41) is 12.7. The number of halogens is 1. The van der Waals surface area contributed by atoms with Gasteiger partial charge in [0.2, 0.25) is 0 Å². The molecule has 1 spiro atoms. The number of aliphatic hydroxyl groups is 1. The second-order valence-corrected chi connectivity index (χ2v) is 3.94. The molecule has 1 saturated carbocycles. The Morgan fingerprint density at radius 1 is 1.31 bits per heavy atom. The monoisotopic (exact) mass is 207 g/mol. The number of aliphatic hydroxyl groups excluding tert-OH is 1. The van der Waals surface area contributed by atoms with Crippen molar-refractivity contribution in [3.63, 3.8) is 0 Å². The summed E-state index contributed by atoms with van der Waals surface area (Å²) < 4.78 is 5.78. The third-order valence-corrected chi connectivity index (χ3v) is 3.00. The molecule has 2 rings (SSSR count). The summed E-state index contributed by atoms with van der Waals surface area (Å²) in [6.07, 6.45) is 3.76. The molecule has 0 aromatic heterocycles. The molecule has 0 unspecified atom stereocenters. The van der Waals surface area contributed by atoms with E-state index < -0.39 is 0 Å². The van der Waals surface area contributed by atoms with Crippen molar-refractivity contribution in [3.8, 4) is 0 Å². The van der Waals surface area contributed by atoms with Gasteiger partial charge in [-0.2, -0.15) is 0 Å². The lowest BCUT2D eigenvalue weighted by Crippen LogP contribution is -2.52. The van der Waals surface area contributed by atoms with E-state index >= 15 is 0 Å². The third kappa shape index (κ3) is 2.56. The van der Waals surface area contributed by atoms with Gasteiger partial charge < -0.3 is 15.2 Å². The highest BCUT2D eigenvalue weighted by atomic mass is 35.5. The molecule has 0 aromatic carbocycles. The number of ether oxygens (including phenoxy) is 1. The van der Waals surface area contributed by atoms with Crippen LogP contribution in [0.1, 0.15) is 25.7 Å². The Balaban J connectivity index is 0.000000845. The maximum Gasteiger partial charge on any atom is 0.0808 e. The van der Waals surface area contributed by atoms with E-state index in [0.29, 0.717) is 0 Å². The van der Waals surface area contributed by atoms with Crippen molar-refractivity contribution in [1.29, 1.82) is 0 Å². The molecule has 78 valence electrons. The molecule has 3 nitrogen and oxygen atoms in total. The third-order valence-electron chi connectivity index (χ3n) is 3.00. The average Bonchev–Trinajstić information content (AvgIpc) is 2.13. The topological polar surface area (TPSA) is 41.5 Å². The predicted molar refractivity (Wildman–Crippen MR) is 53.3 cm³/mol. The van der Waals surface area contributed by atoms with Crippen molar-refractivity contribution >= 4 is 12.4 Å². The van der Waals surface area contributed by atoms with Crippen LogP contribution in [0.2, 0.25) is 0 Å². The van der Waals surface area contributed by atoms with Crippen LogP contribution in [0.5, 0.6) is 0 Å². The smallest absolute Gasteiger partial charge is 0.0808 e. The molecule has 2 N–H and O–H groups in total. The first-order valence-corrected chi connectivity index (χ1v) is 4.84. The van der Waals surface area contributed by atoms with Gasteiger partial charge in [0, 0.05) is 13.1 Å². The second-order valence-electron chi connectivity index (χ2n) is 3.94. The lowest BCUT2D eigenvalue weighted by atomic mass is 9.82. The number of hydrogen-bond donors (Lipinski definition) is 2. The van der Waals surface area contributed by atoms with Crippen LogP contribution in [0.4, 0.5) is 0 Å². The predicted octanol–water partition coefficient (Wildman–Crippen LogP) is 0.702. The molecular weight excluding hydrogens is 190 g/mol. The minimum atomic E-state index is -0.0823. The van der Waals surface area contributed by atoms with Crippen molar-refractivity contribution in [3.05, 3.63) is 0 Å². The van der Waals surface area contributed by atoms with Crippen LogP contribution in [0.15, 0.2) is 0 Å². The number of morpholine rings is 1. The maximum atomic E-state index is 9.35. The first-order chi connectivity index (χ1) is 5.81. The molecule has 2 aliphatic rings. The molecule has 1 heterocycles. The normalized spacial score (nSPS) is 39.9. The molecule has 0 atom stereocenters. The molecule has 1 aliphatic carbocycles. The summed E-state index contributed by atoms with van der Waals surface area (Å²) in [6, 6.07) is 0. The number of nitrogens with one attached hydrogen (secondary N) is 1. The largest absolute Gasteiger partial charge is 0.393 e. The van der Waals surface area contributed by atoms with Crippen molar-refractivity contribution < 1.29 is 9.84 Å². The van der Waals surface area contributed by atoms with Gasteiger partial charge in [-0.1, -0.05) is 0 Å². The van der Waals surface area contributed by atoms with Crippen molar-refractivity contribution in [2.24, 2.45) is 0 Å². The fraction of sp³-hybridized carbons (Fsp3) is 1.00. The number of hydrogen-bond acceptors (Lipinski definition) is 3. The zero-order valence-electron chi connectivity index (χ0n) is 7.79. The standard InChI is InChI=1S/C9H17NO2.ClH/c11-8-1-3-9(4-2-8)7-10-5-6-12-9;/h8,10-11H,1-7H2;1H. The Bertz CT molecular complexity index is 150. The lowest BCUT2D eigenvalue weighted by Gasteiger charge is -2.41. The van der Waals surface area contributed by atoms with Gasteiger partial charge in [0.1, 0.15) is 0 Å². The SMILES string of the molecule is Cl.OC1CCC2(CC1)CNCCO2. The summed E-state index contributed by atoms with van der Waals surface area (Å²) in [5.74, 6) is 0. The fourth-order valence-corrected chi connectivity index (χ4v) is 2.16. The first kappa shape index (κ1) is 11.2.